The summed E-state index contributed by atoms with van der Waals surface area (Å²) in [6.45, 7) is 14.7. The van der Waals surface area contributed by atoms with Gasteiger partial charge in [-0.3, -0.25) is 0 Å². The van der Waals surface area contributed by atoms with E-state index in [4.69, 9.17) is 0 Å². The van der Waals surface area contributed by atoms with E-state index < -0.39 is 0 Å². The minimum absolute atomic E-state index is 0.280. The largest absolute Gasteiger partial charge is 0.396 e. The fourth-order valence-corrected chi connectivity index (χ4v) is 7.30. The second-order valence-electron chi connectivity index (χ2n) is 9.56. The number of allylic oxidation sites excluding steroid dienone is 3. The van der Waals surface area contributed by atoms with E-state index in [0.717, 1.165) is 11.8 Å². The van der Waals surface area contributed by atoms with Crippen molar-refractivity contribution in [2.45, 2.75) is 59.8 Å². The van der Waals surface area contributed by atoms with E-state index in [1.807, 2.05) is 0 Å². The third-order valence-electron chi connectivity index (χ3n) is 8.54. The van der Waals surface area contributed by atoms with Gasteiger partial charge in [-0.25, -0.2) is 0 Å². The van der Waals surface area contributed by atoms with Gasteiger partial charge in [0.2, 0.25) is 0 Å². The molecule has 0 heterocycles. The molecular formula is C21H32O. The normalized spacial score (nSPS) is 52.2. The molecule has 0 aromatic rings. The number of fused-ring (bicyclic) bond motifs is 4. The first kappa shape index (κ1) is 15.0. The standard InChI is InChI=1S/C21H32O/c1-13-11-16-20(5,18-17(13)19(18,3)4)14(2)8-10-21(16)9-6-7-15(21)12-22/h11,14-15,17-18,22H,1,6-10,12H2,2-5H3/t14-,15-,17+,18-,20+,21-/m0/s1. The molecular weight excluding hydrogens is 268 g/mol. The van der Waals surface area contributed by atoms with Crippen LogP contribution in [0.1, 0.15) is 59.8 Å². The van der Waals surface area contributed by atoms with E-state index in [1.54, 1.807) is 5.57 Å². The average Bonchev–Trinajstić information content (AvgIpc) is 2.88. The first-order chi connectivity index (χ1) is 10.3. The summed E-state index contributed by atoms with van der Waals surface area (Å²) in [7, 11) is 0. The molecule has 6 atom stereocenters. The third-order valence-corrected chi connectivity index (χ3v) is 8.54. The van der Waals surface area contributed by atoms with E-state index in [9.17, 15) is 5.11 Å². The molecule has 1 nitrogen and oxygen atoms in total. The van der Waals surface area contributed by atoms with Gasteiger partial charge in [-0.05, 0) is 65.6 Å². The van der Waals surface area contributed by atoms with Crippen molar-refractivity contribution in [2.75, 3.05) is 6.61 Å². The predicted molar refractivity (Wildman–Crippen MR) is 91.3 cm³/mol. The zero-order chi connectivity index (χ0) is 15.9. The number of aliphatic hydroxyl groups excluding tert-OH is 1. The molecule has 122 valence electrons. The van der Waals surface area contributed by atoms with Crippen molar-refractivity contribution in [2.24, 2.45) is 39.9 Å². The summed E-state index contributed by atoms with van der Waals surface area (Å²) in [6, 6.07) is 0. The molecule has 0 saturated heterocycles. The number of hydrogen-bond acceptors (Lipinski definition) is 1. The number of rotatable bonds is 1. The summed E-state index contributed by atoms with van der Waals surface area (Å²) in [5, 5.41) is 10.0. The molecule has 4 aliphatic carbocycles. The van der Waals surface area contributed by atoms with E-state index in [2.05, 4.69) is 40.3 Å². The lowest BCUT2D eigenvalue weighted by Gasteiger charge is -2.56. The van der Waals surface area contributed by atoms with Crippen LogP contribution in [0.5, 0.6) is 0 Å². The highest BCUT2D eigenvalue weighted by atomic mass is 16.3. The van der Waals surface area contributed by atoms with Gasteiger partial charge >= 0.3 is 0 Å². The van der Waals surface area contributed by atoms with Crippen molar-refractivity contribution < 1.29 is 5.11 Å². The highest BCUT2D eigenvalue weighted by molar-refractivity contribution is 5.47. The first-order valence-corrected chi connectivity index (χ1v) is 9.32. The molecule has 0 bridgehead atoms. The lowest BCUT2D eigenvalue weighted by atomic mass is 9.48. The van der Waals surface area contributed by atoms with Crippen LogP contribution in [0.25, 0.3) is 0 Å². The maximum atomic E-state index is 10.0. The second-order valence-corrected chi connectivity index (χ2v) is 9.56. The van der Waals surface area contributed by atoms with Crippen molar-refractivity contribution in [3.05, 3.63) is 23.8 Å². The Bertz CT molecular complexity index is 556. The van der Waals surface area contributed by atoms with Crippen LogP contribution in [0.4, 0.5) is 0 Å². The van der Waals surface area contributed by atoms with Gasteiger partial charge in [-0.15, -0.1) is 0 Å². The summed E-state index contributed by atoms with van der Waals surface area (Å²) < 4.78 is 0. The monoisotopic (exact) mass is 300 g/mol. The SMILES string of the molecule is C=C1C=C2[C@@]3(CCC[C@H]3CO)CC[C@H](C)[C@@]2(C)[C@H]2[C@@H]1C2(C)C. The molecule has 0 radical (unpaired) electrons. The van der Waals surface area contributed by atoms with Crippen LogP contribution >= 0.6 is 0 Å². The van der Waals surface area contributed by atoms with Crippen molar-refractivity contribution in [1.29, 1.82) is 0 Å². The number of hydrogen-bond donors (Lipinski definition) is 1. The van der Waals surface area contributed by atoms with Gasteiger partial charge in [-0.1, -0.05) is 57.9 Å². The first-order valence-electron chi connectivity index (χ1n) is 9.32. The minimum atomic E-state index is 0.280. The Morgan fingerprint density at radius 2 is 1.95 bits per heavy atom. The molecule has 3 fully saturated rings. The van der Waals surface area contributed by atoms with Gasteiger partial charge in [-0.2, -0.15) is 0 Å². The van der Waals surface area contributed by atoms with Crippen LogP contribution in [0.3, 0.4) is 0 Å². The lowest BCUT2D eigenvalue weighted by Crippen LogP contribution is -2.48. The van der Waals surface area contributed by atoms with Gasteiger partial charge in [0.05, 0.1) is 0 Å². The molecule has 1 heteroatoms. The third kappa shape index (κ3) is 1.50. The highest BCUT2D eigenvalue weighted by Crippen LogP contribution is 2.78. The van der Waals surface area contributed by atoms with Gasteiger partial charge in [0.25, 0.3) is 0 Å². The Morgan fingerprint density at radius 3 is 2.64 bits per heavy atom. The van der Waals surface area contributed by atoms with Crippen LogP contribution in [0, 0.1) is 39.9 Å². The van der Waals surface area contributed by atoms with E-state index in [0.29, 0.717) is 29.3 Å². The van der Waals surface area contributed by atoms with Crippen LogP contribution in [0.15, 0.2) is 23.8 Å². The molecule has 4 rings (SSSR count). The molecule has 1 spiro atoms. The Labute approximate surface area is 135 Å². The molecule has 4 aliphatic rings. The van der Waals surface area contributed by atoms with Gasteiger partial charge < -0.3 is 5.11 Å². The maximum absolute atomic E-state index is 10.0. The number of aliphatic hydroxyl groups is 1. The Kier molecular flexibility index (Phi) is 2.92. The molecule has 0 amide bonds. The lowest BCUT2D eigenvalue weighted by molar-refractivity contribution is 0.0303. The second kappa shape index (κ2) is 4.29. The molecule has 0 aromatic carbocycles. The van der Waals surface area contributed by atoms with Gasteiger partial charge in [0, 0.05) is 6.61 Å². The zero-order valence-electron chi connectivity index (χ0n) is 14.8. The van der Waals surface area contributed by atoms with E-state index in [1.165, 1.54) is 37.7 Å². The summed E-state index contributed by atoms with van der Waals surface area (Å²) in [5.41, 5.74) is 4.07. The fraction of sp³-hybridized carbons (Fsp3) is 0.810. The van der Waals surface area contributed by atoms with Gasteiger partial charge in [0.1, 0.15) is 0 Å². The van der Waals surface area contributed by atoms with Crippen LogP contribution in [-0.2, 0) is 0 Å². The van der Waals surface area contributed by atoms with Crippen molar-refractivity contribution in [3.8, 4) is 0 Å². The van der Waals surface area contributed by atoms with Crippen LogP contribution in [0.2, 0.25) is 0 Å². The van der Waals surface area contributed by atoms with Crippen molar-refractivity contribution in [1.82, 2.24) is 0 Å². The summed E-state index contributed by atoms with van der Waals surface area (Å²) in [5.74, 6) is 2.69. The molecule has 0 unspecified atom stereocenters. The van der Waals surface area contributed by atoms with Crippen molar-refractivity contribution in [3.63, 3.8) is 0 Å². The van der Waals surface area contributed by atoms with Crippen LogP contribution in [-0.4, -0.2) is 11.7 Å². The molecule has 0 aliphatic heterocycles. The summed E-state index contributed by atoms with van der Waals surface area (Å²) >= 11 is 0. The Hall–Kier alpha value is -0.560. The minimum Gasteiger partial charge on any atom is -0.396 e. The Morgan fingerprint density at radius 1 is 1.23 bits per heavy atom. The average molecular weight is 300 g/mol. The maximum Gasteiger partial charge on any atom is 0.0467 e. The van der Waals surface area contributed by atoms with Crippen LogP contribution < -0.4 is 0 Å². The summed E-state index contributed by atoms with van der Waals surface area (Å²) in [4.78, 5) is 0. The predicted octanol–water partition coefficient (Wildman–Crippen LogP) is 4.97. The van der Waals surface area contributed by atoms with Crippen molar-refractivity contribution >= 4 is 0 Å². The summed E-state index contributed by atoms with van der Waals surface area (Å²) in [6.07, 6.45) is 8.90. The smallest absolute Gasteiger partial charge is 0.0467 e. The molecule has 22 heavy (non-hydrogen) atoms. The topological polar surface area (TPSA) is 20.2 Å². The molecule has 0 aromatic heterocycles. The quantitative estimate of drug-likeness (QED) is 0.725. The van der Waals surface area contributed by atoms with E-state index in [-0.39, 0.29) is 5.41 Å². The molecule has 3 saturated carbocycles. The highest BCUT2D eigenvalue weighted by Gasteiger charge is 2.72. The molecule has 1 N–H and O–H groups in total. The van der Waals surface area contributed by atoms with Gasteiger partial charge in [0.15, 0.2) is 0 Å². The Balaban J connectivity index is 1.87. The fourth-order valence-electron chi connectivity index (χ4n) is 7.30. The zero-order valence-corrected chi connectivity index (χ0v) is 14.8. The van der Waals surface area contributed by atoms with E-state index >= 15 is 0 Å².